The number of fused-ring (bicyclic) bond motifs is 1. The molecule has 0 aliphatic rings. The summed E-state index contributed by atoms with van der Waals surface area (Å²) in [4.78, 5) is 4.33. The van der Waals surface area contributed by atoms with Crippen LogP contribution in [-0.4, -0.2) is 12.1 Å². The summed E-state index contributed by atoms with van der Waals surface area (Å²) >= 11 is 3.34. The highest BCUT2D eigenvalue weighted by molar-refractivity contribution is 9.10. The number of halogens is 2. The lowest BCUT2D eigenvalue weighted by molar-refractivity contribution is 0.182. The van der Waals surface area contributed by atoms with Gasteiger partial charge in [0.1, 0.15) is 5.82 Å². The van der Waals surface area contributed by atoms with Gasteiger partial charge in [0.15, 0.2) is 0 Å². The highest BCUT2D eigenvalue weighted by Gasteiger charge is 2.12. The maximum Gasteiger partial charge on any atom is 0.134 e. The van der Waals surface area contributed by atoms with Crippen LogP contribution < -0.4 is 11.3 Å². The molecule has 90 valence electrons. The third-order valence-corrected chi connectivity index (χ3v) is 3.00. The first-order valence-corrected chi connectivity index (χ1v) is 5.70. The quantitative estimate of drug-likeness (QED) is 0.675. The highest BCUT2D eigenvalue weighted by atomic mass is 79.9. The van der Waals surface area contributed by atoms with Gasteiger partial charge in [0.2, 0.25) is 0 Å². The first kappa shape index (κ1) is 12.2. The molecule has 0 fully saturated rings. The van der Waals surface area contributed by atoms with Gasteiger partial charge in [0.25, 0.3) is 0 Å². The molecule has 2 aromatic rings. The van der Waals surface area contributed by atoms with Crippen molar-refractivity contribution in [2.75, 3.05) is 12.5 Å². The van der Waals surface area contributed by atoms with Crippen molar-refractivity contribution in [3.05, 3.63) is 34.2 Å². The molecule has 0 amide bonds. The number of benzene rings is 1. The Morgan fingerprint density at radius 1 is 1.53 bits per heavy atom. The predicted octanol–water partition coefficient (Wildman–Crippen LogP) is 2.57. The molecule has 17 heavy (non-hydrogen) atoms. The normalized spacial score (nSPS) is 10.8. The van der Waals surface area contributed by atoms with Crippen LogP contribution in [0.25, 0.3) is 10.9 Å². The van der Waals surface area contributed by atoms with E-state index in [0.29, 0.717) is 33.4 Å². The molecule has 0 aliphatic heterocycles. The van der Waals surface area contributed by atoms with E-state index in [1.807, 2.05) is 0 Å². The second kappa shape index (κ2) is 4.95. The molecule has 1 aromatic heterocycles. The number of ether oxygens (including phenoxy) is 1. The average molecular weight is 300 g/mol. The minimum absolute atomic E-state index is 0.341. The van der Waals surface area contributed by atoms with Crippen LogP contribution in [0.4, 0.5) is 10.1 Å². The van der Waals surface area contributed by atoms with Gasteiger partial charge >= 0.3 is 0 Å². The van der Waals surface area contributed by atoms with Crippen LogP contribution in [0.3, 0.4) is 0 Å². The summed E-state index contributed by atoms with van der Waals surface area (Å²) in [6.07, 6.45) is 0. The van der Waals surface area contributed by atoms with E-state index < -0.39 is 0 Å². The van der Waals surface area contributed by atoms with E-state index in [4.69, 9.17) is 10.6 Å². The van der Waals surface area contributed by atoms with Crippen molar-refractivity contribution in [1.82, 2.24) is 4.98 Å². The van der Waals surface area contributed by atoms with Crippen molar-refractivity contribution >= 4 is 32.5 Å². The van der Waals surface area contributed by atoms with Gasteiger partial charge in [0, 0.05) is 11.6 Å². The molecular weight excluding hydrogens is 289 g/mol. The van der Waals surface area contributed by atoms with Crippen molar-refractivity contribution in [1.29, 1.82) is 0 Å². The lowest BCUT2D eigenvalue weighted by Gasteiger charge is -2.10. The molecule has 3 N–H and O–H groups in total. The molecule has 0 spiro atoms. The summed E-state index contributed by atoms with van der Waals surface area (Å²) in [6.45, 7) is 0.341. The van der Waals surface area contributed by atoms with Gasteiger partial charge in [-0.1, -0.05) is 0 Å². The van der Waals surface area contributed by atoms with Crippen LogP contribution >= 0.6 is 15.9 Å². The Balaban J connectivity index is 2.77. The molecule has 0 atom stereocenters. The number of nitrogens with two attached hydrogens (primary N) is 1. The third-order valence-electron chi connectivity index (χ3n) is 2.36. The maximum absolute atomic E-state index is 13.7. The number of methoxy groups -OCH3 is 1. The number of nitrogens with one attached hydrogen (secondary N) is 1. The number of hydrazine groups is 1. The van der Waals surface area contributed by atoms with Gasteiger partial charge in [-0.3, -0.25) is 5.84 Å². The summed E-state index contributed by atoms with van der Waals surface area (Å²) in [7, 11) is 1.57. The molecule has 0 saturated heterocycles. The molecule has 2 rings (SSSR count). The molecule has 4 nitrogen and oxygen atoms in total. The van der Waals surface area contributed by atoms with E-state index >= 15 is 0 Å². The van der Waals surface area contributed by atoms with E-state index in [2.05, 4.69) is 26.3 Å². The number of anilines is 1. The second-order valence-corrected chi connectivity index (χ2v) is 4.35. The van der Waals surface area contributed by atoms with Gasteiger partial charge in [-0.2, -0.15) is 0 Å². The molecule has 0 unspecified atom stereocenters. The first-order valence-electron chi connectivity index (χ1n) is 4.90. The number of pyridine rings is 1. The fourth-order valence-electron chi connectivity index (χ4n) is 1.66. The number of nitrogens with zero attached hydrogens (tertiary/aromatic N) is 1. The van der Waals surface area contributed by atoms with Gasteiger partial charge in [-0.15, -0.1) is 0 Å². The van der Waals surface area contributed by atoms with E-state index in [1.54, 1.807) is 19.2 Å². The topological polar surface area (TPSA) is 60.2 Å². The Morgan fingerprint density at radius 3 is 2.94 bits per heavy atom. The monoisotopic (exact) mass is 299 g/mol. The number of nitrogen functional groups attached to an aromatic ring is 1. The van der Waals surface area contributed by atoms with Crippen molar-refractivity contribution < 1.29 is 9.13 Å². The van der Waals surface area contributed by atoms with E-state index in [-0.39, 0.29) is 5.82 Å². The van der Waals surface area contributed by atoms with Gasteiger partial charge in [0.05, 0.1) is 28.9 Å². The maximum atomic E-state index is 13.7. The molecule has 0 aliphatic carbocycles. The highest BCUT2D eigenvalue weighted by Crippen LogP contribution is 2.30. The SMILES string of the molecule is COCc1cc(NN)c2c(F)ccc(Br)c2n1. The van der Waals surface area contributed by atoms with Gasteiger partial charge in [-0.05, 0) is 34.1 Å². The van der Waals surface area contributed by atoms with Crippen molar-refractivity contribution in [2.45, 2.75) is 6.61 Å². The van der Waals surface area contributed by atoms with Crippen molar-refractivity contribution in [3.8, 4) is 0 Å². The van der Waals surface area contributed by atoms with Crippen LogP contribution in [0, 0.1) is 5.82 Å². The first-order chi connectivity index (χ1) is 8.17. The zero-order chi connectivity index (χ0) is 12.4. The number of rotatable bonds is 3. The third kappa shape index (κ3) is 2.24. The summed E-state index contributed by atoms with van der Waals surface area (Å²) < 4.78 is 19.5. The van der Waals surface area contributed by atoms with Crippen LogP contribution in [0.5, 0.6) is 0 Å². The largest absolute Gasteiger partial charge is 0.378 e. The van der Waals surface area contributed by atoms with Crippen LogP contribution in [0.2, 0.25) is 0 Å². The molecule has 0 radical (unpaired) electrons. The Bertz CT molecular complexity index is 562. The number of hydrogen-bond donors (Lipinski definition) is 2. The van der Waals surface area contributed by atoms with Crippen molar-refractivity contribution in [2.24, 2.45) is 5.84 Å². The lowest BCUT2D eigenvalue weighted by atomic mass is 10.1. The summed E-state index contributed by atoms with van der Waals surface area (Å²) in [5.74, 6) is 5.03. The van der Waals surface area contributed by atoms with Crippen LogP contribution in [-0.2, 0) is 11.3 Å². The lowest BCUT2D eigenvalue weighted by Crippen LogP contribution is -2.09. The minimum atomic E-state index is -0.368. The van der Waals surface area contributed by atoms with Gasteiger partial charge in [-0.25, -0.2) is 9.37 Å². The number of hydrogen-bond acceptors (Lipinski definition) is 4. The number of aromatic nitrogens is 1. The molecule has 1 aromatic carbocycles. The van der Waals surface area contributed by atoms with E-state index in [1.165, 1.54) is 6.07 Å². The molecule has 0 saturated carbocycles. The van der Waals surface area contributed by atoms with Gasteiger partial charge < -0.3 is 10.2 Å². The van der Waals surface area contributed by atoms with Crippen LogP contribution in [0.1, 0.15) is 5.69 Å². The smallest absolute Gasteiger partial charge is 0.134 e. The average Bonchev–Trinajstić information content (AvgIpc) is 2.33. The second-order valence-electron chi connectivity index (χ2n) is 3.49. The molecular formula is C11H11BrFN3O. The van der Waals surface area contributed by atoms with Crippen molar-refractivity contribution in [3.63, 3.8) is 0 Å². The standard InChI is InChI=1S/C11H11BrFN3O/c1-17-5-6-4-9(16-14)10-8(13)3-2-7(12)11(10)15-6/h2-4H,5,14H2,1H3,(H,15,16). The van der Waals surface area contributed by atoms with Crippen LogP contribution in [0.15, 0.2) is 22.7 Å². The molecule has 1 heterocycles. The summed E-state index contributed by atoms with van der Waals surface area (Å²) in [5, 5.41) is 0.363. The zero-order valence-electron chi connectivity index (χ0n) is 9.13. The summed E-state index contributed by atoms with van der Waals surface area (Å²) in [5.41, 5.74) is 4.17. The fraction of sp³-hybridized carbons (Fsp3) is 0.182. The predicted molar refractivity (Wildman–Crippen MR) is 67.9 cm³/mol. The molecule has 6 heteroatoms. The van der Waals surface area contributed by atoms with E-state index in [9.17, 15) is 4.39 Å². The molecule has 0 bridgehead atoms. The Kier molecular flexibility index (Phi) is 3.56. The zero-order valence-corrected chi connectivity index (χ0v) is 10.7. The summed E-state index contributed by atoms with van der Waals surface area (Å²) in [6, 6.07) is 4.65. The minimum Gasteiger partial charge on any atom is -0.378 e. The Labute approximate surface area is 106 Å². The fourth-order valence-corrected chi connectivity index (χ4v) is 2.08. The van der Waals surface area contributed by atoms with E-state index in [0.717, 1.165) is 0 Å². The Hall–Kier alpha value is -1.24. The Morgan fingerprint density at radius 2 is 2.29 bits per heavy atom.